The molecule has 0 amide bonds. The molecule has 1 aromatic heterocycles. The first-order valence-corrected chi connectivity index (χ1v) is 7.80. The van der Waals surface area contributed by atoms with Gasteiger partial charge in [0.15, 0.2) is 0 Å². The van der Waals surface area contributed by atoms with E-state index in [0.29, 0.717) is 5.56 Å². The van der Waals surface area contributed by atoms with Crippen molar-refractivity contribution >= 4 is 46.6 Å². The smallest absolute Gasteiger partial charge is 0.236 e. The molecule has 0 saturated carbocycles. The van der Waals surface area contributed by atoms with Crippen LogP contribution in [0.4, 0.5) is 0 Å². The third-order valence-corrected chi connectivity index (χ3v) is 3.97. The quantitative estimate of drug-likeness (QED) is 0.797. The van der Waals surface area contributed by atoms with Gasteiger partial charge in [-0.3, -0.25) is 0 Å². The second kappa shape index (κ2) is 4.05. The van der Waals surface area contributed by atoms with E-state index in [1.165, 1.54) is 0 Å². The first-order chi connectivity index (χ1) is 7.38. The minimum Gasteiger partial charge on any atom is -0.349 e. The van der Waals surface area contributed by atoms with Gasteiger partial charge in [0.25, 0.3) is 0 Å². The lowest BCUT2D eigenvalue weighted by Crippen LogP contribution is -1.96. The predicted octanol–water partition coefficient (Wildman–Crippen LogP) is 3.01. The van der Waals surface area contributed by atoms with E-state index in [1.807, 2.05) is 29.9 Å². The van der Waals surface area contributed by atoms with Gasteiger partial charge in [-0.25, -0.2) is 8.42 Å². The fourth-order valence-corrected chi connectivity index (χ4v) is 3.50. The molecule has 0 fully saturated rings. The fourth-order valence-electron chi connectivity index (χ4n) is 1.77. The van der Waals surface area contributed by atoms with Crippen molar-refractivity contribution in [3.8, 4) is 0 Å². The van der Waals surface area contributed by atoms with Crippen LogP contribution in [0.2, 0.25) is 0 Å². The Labute approximate surface area is 107 Å². The summed E-state index contributed by atoms with van der Waals surface area (Å²) < 4.78 is 25.0. The van der Waals surface area contributed by atoms with Gasteiger partial charge in [0.05, 0.1) is 5.75 Å². The molecule has 0 spiro atoms. The minimum atomic E-state index is -3.53. The van der Waals surface area contributed by atoms with Gasteiger partial charge in [-0.2, -0.15) is 0 Å². The van der Waals surface area contributed by atoms with E-state index in [1.54, 1.807) is 6.07 Å². The summed E-state index contributed by atoms with van der Waals surface area (Å²) >= 11 is 3.42. The van der Waals surface area contributed by atoms with Crippen molar-refractivity contribution in [1.82, 2.24) is 4.57 Å². The second-order valence-corrected chi connectivity index (χ2v) is 7.21. The van der Waals surface area contributed by atoms with Crippen LogP contribution >= 0.6 is 26.6 Å². The Hall–Kier alpha value is -0.520. The third-order valence-electron chi connectivity index (χ3n) is 2.38. The van der Waals surface area contributed by atoms with Crippen LogP contribution < -0.4 is 0 Å². The maximum atomic E-state index is 11.1. The number of aryl methyl sites for hydroxylation is 1. The molecule has 86 valence electrons. The van der Waals surface area contributed by atoms with Crippen LogP contribution in [0.25, 0.3) is 10.9 Å². The molecule has 0 aliphatic heterocycles. The Kier molecular flexibility index (Phi) is 3.03. The Morgan fingerprint density at radius 2 is 2.12 bits per heavy atom. The Bertz CT molecular complexity index is 648. The fraction of sp³-hybridized carbons (Fsp3) is 0.200. The molecule has 1 aromatic carbocycles. The van der Waals surface area contributed by atoms with Gasteiger partial charge < -0.3 is 4.57 Å². The van der Waals surface area contributed by atoms with E-state index >= 15 is 0 Å². The number of aromatic nitrogens is 1. The van der Waals surface area contributed by atoms with Crippen molar-refractivity contribution in [2.24, 2.45) is 7.05 Å². The summed E-state index contributed by atoms with van der Waals surface area (Å²) in [5.74, 6) is -0.158. The second-order valence-electron chi connectivity index (χ2n) is 3.58. The van der Waals surface area contributed by atoms with Crippen molar-refractivity contribution < 1.29 is 8.42 Å². The zero-order valence-corrected chi connectivity index (χ0v) is 11.6. The average Bonchev–Trinajstić information content (AvgIpc) is 2.41. The molecule has 2 aromatic rings. The van der Waals surface area contributed by atoms with E-state index in [2.05, 4.69) is 15.9 Å². The van der Waals surface area contributed by atoms with Gasteiger partial charge in [0, 0.05) is 39.3 Å². The van der Waals surface area contributed by atoms with Crippen molar-refractivity contribution in [2.75, 3.05) is 0 Å². The molecule has 0 aliphatic carbocycles. The molecule has 1 heterocycles. The van der Waals surface area contributed by atoms with E-state index in [9.17, 15) is 8.42 Å². The Morgan fingerprint density at radius 1 is 1.44 bits per heavy atom. The lowest BCUT2D eigenvalue weighted by Gasteiger charge is -2.02. The maximum absolute atomic E-state index is 11.1. The van der Waals surface area contributed by atoms with Crippen LogP contribution in [0.1, 0.15) is 5.56 Å². The molecule has 6 heteroatoms. The number of hydrogen-bond donors (Lipinski definition) is 0. The van der Waals surface area contributed by atoms with Crippen molar-refractivity contribution in [1.29, 1.82) is 0 Å². The summed E-state index contributed by atoms with van der Waals surface area (Å²) in [7, 11) is 3.65. The number of nitrogens with zero attached hydrogens (tertiary/aromatic N) is 1. The van der Waals surface area contributed by atoms with Crippen LogP contribution in [0.15, 0.2) is 28.9 Å². The average molecular weight is 323 g/mol. The summed E-state index contributed by atoms with van der Waals surface area (Å²) in [6.07, 6.45) is 1.90. The van der Waals surface area contributed by atoms with Crippen LogP contribution in [0.5, 0.6) is 0 Å². The molecule has 0 bridgehead atoms. The summed E-state index contributed by atoms with van der Waals surface area (Å²) in [4.78, 5) is 0. The summed E-state index contributed by atoms with van der Waals surface area (Å²) in [5, 5.41) is 0.897. The van der Waals surface area contributed by atoms with Gasteiger partial charge in [0.1, 0.15) is 0 Å². The van der Waals surface area contributed by atoms with Crippen LogP contribution in [0.3, 0.4) is 0 Å². The summed E-state index contributed by atoms with van der Waals surface area (Å²) in [6, 6.07) is 5.53. The first-order valence-electron chi connectivity index (χ1n) is 4.53. The third kappa shape index (κ3) is 2.26. The largest absolute Gasteiger partial charge is 0.349 e. The van der Waals surface area contributed by atoms with Gasteiger partial charge in [0.2, 0.25) is 9.05 Å². The van der Waals surface area contributed by atoms with Crippen molar-refractivity contribution in [3.05, 3.63) is 34.4 Å². The molecule has 0 radical (unpaired) electrons. The zero-order chi connectivity index (χ0) is 11.9. The molecule has 0 N–H and O–H groups in total. The summed E-state index contributed by atoms with van der Waals surface area (Å²) in [5.41, 5.74) is 1.68. The molecule has 0 aliphatic rings. The van der Waals surface area contributed by atoms with E-state index in [4.69, 9.17) is 10.7 Å². The molecule has 3 nitrogen and oxygen atoms in total. The van der Waals surface area contributed by atoms with Crippen LogP contribution in [0, 0.1) is 0 Å². The van der Waals surface area contributed by atoms with Crippen molar-refractivity contribution in [2.45, 2.75) is 5.75 Å². The van der Waals surface area contributed by atoms with E-state index in [0.717, 1.165) is 15.4 Å². The monoisotopic (exact) mass is 321 g/mol. The van der Waals surface area contributed by atoms with Gasteiger partial charge in [-0.05, 0) is 27.6 Å². The molecule has 0 atom stereocenters. The standard InChI is InChI=1S/C10H9BrClNO2S/c1-13-5-8(11)10-7(6-16(12,14)15)3-2-4-9(10)13/h2-5H,6H2,1H3. The molecule has 16 heavy (non-hydrogen) atoms. The lowest BCUT2D eigenvalue weighted by molar-refractivity contribution is 0.609. The minimum absolute atomic E-state index is 0.158. The Morgan fingerprint density at radius 3 is 2.75 bits per heavy atom. The maximum Gasteiger partial charge on any atom is 0.236 e. The van der Waals surface area contributed by atoms with Crippen LogP contribution in [-0.2, 0) is 21.9 Å². The van der Waals surface area contributed by atoms with Crippen LogP contribution in [-0.4, -0.2) is 13.0 Å². The highest BCUT2D eigenvalue weighted by molar-refractivity contribution is 9.10. The molecule has 0 saturated heterocycles. The van der Waals surface area contributed by atoms with Crippen molar-refractivity contribution in [3.63, 3.8) is 0 Å². The summed E-state index contributed by atoms with van der Waals surface area (Å²) in [6.45, 7) is 0. The number of hydrogen-bond acceptors (Lipinski definition) is 2. The highest BCUT2D eigenvalue weighted by Crippen LogP contribution is 2.30. The molecular weight excluding hydrogens is 314 g/mol. The van der Waals surface area contributed by atoms with E-state index in [-0.39, 0.29) is 5.75 Å². The normalized spacial score (nSPS) is 12.2. The number of benzene rings is 1. The molecular formula is C10H9BrClNO2S. The number of halogens is 2. The predicted molar refractivity (Wildman–Crippen MR) is 69.1 cm³/mol. The van der Waals surface area contributed by atoms with E-state index < -0.39 is 9.05 Å². The highest BCUT2D eigenvalue weighted by Gasteiger charge is 2.14. The number of rotatable bonds is 2. The lowest BCUT2D eigenvalue weighted by atomic mass is 10.1. The Balaban J connectivity index is 2.71. The SMILES string of the molecule is Cn1cc(Br)c2c(CS(=O)(=O)Cl)cccc21. The number of fused-ring (bicyclic) bond motifs is 1. The first kappa shape index (κ1) is 12.0. The zero-order valence-electron chi connectivity index (χ0n) is 8.44. The highest BCUT2D eigenvalue weighted by atomic mass is 79.9. The van der Waals surface area contributed by atoms with Gasteiger partial charge >= 0.3 is 0 Å². The molecule has 0 unspecified atom stereocenters. The topological polar surface area (TPSA) is 39.1 Å². The van der Waals surface area contributed by atoms with Gasteiger partial charge in [-0.1, -0.05) is 12.1 Å². The van der Waals surface area contributed by atoms with Gasteiger partial charge in [-0.15, -0.1) is 0 Å². The molecule has 2 rings (SSSR count).